The molecule has 0 aromatic heterocycles. The zero-order valence-corrected chi connectivity index (χ0v) is 8.45. The molecule has 0 aliphatic rings. The van der Waals surface area contributed by atoms with Gasteiger partial charge in [0.1, 0.15) is 5.75 Å². The highest BCUT2D eigenvalue weighted by atomic mass is 16.5. The summed E-state index contributed by atoms with van der Waals surface area (Å²) in [5, 5.41) is 8.37. The fourth-order valence-electron chi connectivity index (χ4n) is 1.20. The maximum Gasteiger partial charge on any atom is 0.119 e. The van der Waals surface area contributed by atoms with Gasteiger partial charge in [-0.15, -0.1) is 0 Å². The number of aryl methyl sites for hydroxylation is 1. The Hall–Kier alpha value is -1.75. The quantitative estimate of drug-likeness (QED) is 0.728. The van der Waals surface area contributed by atoms with E-state index >= 15 is 0 Å². The normalized spacial score (nSPS) is 10.1. The highest BCUT2D eigenvalue weighted by Gasteiger charge is 1.96. The Morgan fingerprint density at radius 2 is 2.29 bits per heavy atom. The van der Waals surface area contributed by atoms with E-state index in [4.69, 9.17) is 10.00 Å². The van der Waals surface area contributed by atoms with Gasteiger partial charge in [0, 0.05) is 0 Å². The van der Waals surface area contributed by atoms with Crippen molar-refractivity contribution in [3.8, 4) is 11.8 Å². The minimum absolute atomic E-state index is 0.450. The molecular weight excluding hydrogens is 174 g/mol. The fraction of sp³-hybridized carbons (Fsp3) is 0.250. The molecule has 72 valence electrons. The van der Waals surface area contributed by atoms with Crippen LogP contribution in [0.25, 0.3) is 6.08 Å². The molecule has 0 saturated heterocycles. The molecule has 0 heterocycles. The molecule has 0 radical (unpaired) electrons. The Bertz CT molecular complexity index is 374. The lowest BCUT2D eigenvalue weighted by Gasteiger charge is -2.03. The fourth-order valence-corrected chi connectivity index (χ4v) is 1.20. The van der Waals surface area contributed by atoms with Crippen molar-refractivity contribution in [3.05, 3.63) is 35.4 Å². The molecule has 0 amide bonds. The van der Waals surface area contributed by atoms with Crippen LogP contribution in [0.5, 0.6) is 5.75 Å². The van der Waals surface area contributed by atoms with Gasteiger partial charge in [0.25, 0.3) is 0 Å². The number of methoxy groups -OCH3 is 1. The van der Waals surface area contributed by atoms with Crippen LogP contribution in [0, 0.1) is 18.3 Å². The molecule has 2 heteroatoms. The van der Waals surface area contributed by atoms with Crippen LogP contribution < -0.4 is 4.74 Å². The third-order valence-electron chi connectivity index (χ3n) is 1.98. The van der Waals surface area contributed by atoms with Crippen molar-refractivity contribution >= 4 is 6.08 Å². The first-order valence-corrected chi connectivity index (χ1v) is 4.46. The van der Waals surface area contributed by atoms with Gasteiger partial charge in [-0.3, -0.25) is 0 Å². The average molecular weight is 187 g/mol. The number of benzene rings is 1. The predicted octanol–water partition coefficient (Wildman–Crippen LogP) is 2.93. The van der Waals surface area contributed by atoms with E-state index in [9.17, 15) is 0 Å². The van der Waals surface area contributed by atoms with Crippen LogP contribution in [0.4, 0.5) is 0 Å². The van der Waals surface area contributed by atoms with Crippen molar-refractivity contribution in [1.82, 2.24) is 0 Å². The number of allylic oxidation sites excluding steroid dienone is 1. The molecule has 0 atom stereocenters. The Morgan fingerprint density at radius 1 is 1.50 bits per heavy atom. The average Bonchev–Trinajstić information content (AvgIpc) is 2.20. The van der Waals surface area contributed by atoms with E-state index in [1.807, 2.05) is 37.3 Å². The SMILES string of the molecule is COc1ccc(C=CCC#N)c(C)c1. The Balaban J connectivity index is 2.85. The van der Waals surface area contributed by atoms with Gasteiger partial charge in [-0.25, -0.2) is 0 Å². The van der Waals surface area contributed by atoms with Crippen molar-refractivity contribution in [1.29, 1.82) is 5.26 Å². The summed E-state index contributed by atoms with van der Waals surface area (Å²) in [6.07, 6.45) is 4.26. The van der Waals surface area contributed by atoms with Gasteiger partial charge in [-0.1, -0.05) is 18.2 Å². The third-order valence-corrected chi connectivity index (χ3v) is 1.98. The van der Waals surface area contributed by atoms with E-state index in [2.05, 4.69) is 6.07 Å². The molecule has 0 aliphatic heterocycles. The van der Waals surface area contributed by atoms with Gasteiger partial charge in [0.15, 0.2) is 0 Å². The zero-order valence-electron chi connectivity index (χ0n) is 8.45. The van der Waals surface area contributed by atoms with Crippen molar-refractivity contribution in [2.24, 2.45) is 0 Å². The van der Waals surface area contributed by atoms with Crippen molar-refractivity contribution in [3.63, 3.8) is 0 Å². The number of nitrogens with zero attached hydrogens (tertiary/aromatic N) is 1. The lowest BCUT2D eigenvalue weighted by Crippen LogP contribution is -1.85. The van der Waals surface area contributed by atoms with Gasteiger partial charge in [-0.05, 0) is 30.2 Å². The second-order valence-corrected chi connectivity index (χ2v) is 2.99. The Kier molecular flexibility index (Phi) is 3.75. The van der Waals surface area contributed by atoms with Crippen molar-refractivity contribution < 1.29 is 4.74 Å². The molecule has 0 N–H and O–H groups in total. The standard InChI is InChI=1S/C12H13NO/c1-10-9-12(14-2)7-6-11(10)5-3-4-8-13/h3,5-7,9H,4H2,1-2H3. The Morgan fingerprint density at radius 3 is 2.86 bits per heavy atom. The number of nitriles is 1. The van der Waals surface area contributed by atoms with Gasteiger partial charge in [0.05, 0.1) is 19.6 Å². The molecular formula is C12H13NO. The molecule has 1 aromatic rings. The van der Waals surface area contributed by atoms with E-state index in [-0.39, 0.29) is 0 Å². The topological polar surface area (TPSA) is 33.0 Å². The number of ether oxygens (including phenoxy) is 1. The summed E-state index contributed by atoms with van der Waals surface area (Å²) < 4.78 is 5.10. The zero-order chi connectivity index (χ0) is 10.4. The van der Waals surface area contributed by atoms with Gasteiger partial charge < -0.3 is 4.74 Å². The summed E-state index contributed by atoms with van der Waals surface area (Å²) in [7, 11) is 1.65. The first-order chi connectivity index (χ1) is 6.77. The molecule has 0 aliphatic carbocycles. The second kappa shape index (κ2) is 5.08. The highest BCUT2D eigenvalue weighted by molar-refractivity contribution is 5.55. The Labute approximate surface area is 84.4 Å². The van der Waals surface area contributed by atoms with Crippen molar-refractivity contribution in [2.45, 2.75) is 13.3 Å². The smallest absolute Gasteiger partial charge is 0.119 e. The molecule has 0 spiro atoms. The largest absolute Gasteiger partial charge is 0.497 e. The lowest BCUT2D eigenvalue weighted by atomic mass is 10.1. The van der Waals surface area contributed by atoms with E-state index in [0.717, 1.165) is 16.9 Å². The molecule has 0 fully saturated rings. The molecule has 2 nitrogen and oxygen atoms in total. The maximum atomic E-state index is 8.37. The number of rotatable bonds is 3. The van der Waals surface area contributed by atoms with Crippen LogP contribution >= 0.6 is 0 Å². The molecule has 1 rings (SSSR count). The molecule has 1 aromatic carbocycles. The summed E-state index contributed by atoms with van der Waals surface area (Å²) in [4.78, 5) is 0. The van der Waals surface area contributed by atoms with Crippen LogP contribution in [-0.2, 0) is 0 Å². The summed E-state index contributed by atoms with van der Waals surface area (Å²) in [5.41, 5.74) is 2.28. The van der Waals surface area contributed by atoms with Crippen LogP contribution in [-0.4, -0.2) is 7.11 Å². The molecule has 0 bridgehead atoms. The van der Waals surface area contributed by atoms with Crippen molar-refractivity contribution in [2.75, 3.05) is 7.11 Å². The van der Waals surface area contributed by atoms with Crippen LogP contribution in [0.1, 0.15) is 17.5 Å². The van der Waals surface area contributed by atoms with Gasteiger partial charge in [-0.2, -0.15) is 5.26 Å². The minimum atomic E-state index is 0.450. The lowest BCUT2D eigenvalue weighted by molar-refractivity contribution is 0.414. The van der Waals surface area contributed by atoms with E-state index in [1.165, 1.54) is 0 Å². The predicted molar refractivity (Wildman–Crippen MR) is 57.0 cm³/mol. The van der Waals surface area contributed by atoms with Crippen LogP contribution in [0.2, 0.25) is 0 Å². The minimum Gasteiger partial charge on any atom is -0.497 e. The molecule has 0 unspecified atom stereocenters. The summed E-state index contributed by atoms with van der Waals surface area (Å²) in [6.45, 7) is 2.02. The highest BCUT2D eigenvalue weighted by Crippen LogP contribution is 2.17. The number of hydrogen-bond acceptors (Lipinski definition) is 2. The second-order valence-electron chi connectivity index (χ2n) is 2.99. The molecule has 14 heavy (non-hydrogen) atoms. The van der Waals surface area contributed by atoms with Gasteiger partial charge >= 0.3 is 0 Å². The van der Waals surface area contributed by atoms with E-state index < -0.39 is 0 Å². The van der Waals surface area contributed by atoms with E-state index in [1.54, 1.807) is 7.11 Å². The monoisotopic (exact) mass is 187 g/mol. The maximum absolute atomic E-state index is 8.37. The number of hydrogen-bond donors (Lipinski definition) is 0. The van der Waals surface area contributed by atoms with E-state index in [0.29, 0.717) is 6.42 Å². The first kappa shape index (κ1) is 10.3. The van der Waals surface area contributed by atoms with Gasteiger partial charge in [0.2, 0.25) is 0 Å². The molecule has 0 saturated carbocycles. The first-order valence-electron chi connectivity index (χ1n) is 4.46. The van der Waals surface area contributed by atoms with Crippen LogP contribution in [0.3, 0.4) is 0 Å². The van der Waals surface area contributed by atoms with Crippen LogP contribution in [0.15, 0.2) is 24.3 Å². The third kappa shape index (κ3) is 2.63. The summed E-state index contributed by atoms with van der Waals surface area (Å²) in [5.74, 6) is 0.861. The summed E-state index contributed by atoms with van der Waals surface area (Å²) >= 11 is 0. The summed E-state index contributed by atoms with van der Waals surface area (Å²) in [6, 6.07) is 7.95.